The molecule has 1 spiro atoms. The molecule has 28 heavy (non-hydrogen) atoms. The van der Waals surface area contributed by atoms with Gasteiger partial charge in [0.2, 0.25) is 5.91 Å². The molecule has 3 saturated heterocycles. The summed E-state index contributed by atoms with van der Waals surface area (Å²) in [5.41, 5.74) is 5.28. The van der Waals surface area contributed by atoms with E-state index in [4.69, 9.17) is 4.74 Å². The lowest BCUT2D eigenvalue weighted by atomic mass is 9.73. The predicted molar refractivity (Wildman–Crippen MR) is 112 cm³/mol. The molecule has 1 aromatic rings. The van der Waals surface area contributed by atoms with Gasteiger partial charge in [0, 0.05) is 43.4 Å². The maximum absolute atomic E-state index is 12.4. The number of hydrogen-bond donors (Lipinski definition) is 1. The van der Waals surface area contributed by atoms with Gasteiger partial charge in [0.1, 0.15) is 0 Å². The van der Waals surface area contributed by atoms with Gasteiger partial charge in [0.15, 0.2) is 0 Å². The number of hydrogen-bond acceptors (Lipinski definition) is 3. The van der Waals surface area contributed by atoms with Gasteiger partial charge in [0.05, 0.1) is 11.7 Å². The molecular weight excluding hydrogens is 348 g/mol. The van der Waals surface area contributed by atoms with Crippen molar-refractivity contribution in [2.24, 2.45) is 17.3 Å². The molecule has 0 unspecified atom stereocenters. The molecule has 0 aromatic heterocycles. The summed E-state index contributed by atoms with van der Waals surface area (Å²) >= 11 is 0. The number of carbonyl (C=O) groups excluding carboxylic acids is 1. The van der Waals surface area contributed by atoms with Gasteiger partial charge in [-0.05, 0) is 50.3 Å². The Morgan fingerprint density at radius 3 is 2.57 bits per heavy atom. The zero-order chi connectivity index (χ0) is 20.3. The highest BCUT2D eigenvalue weighted by Crippen LogP contribution is 2.54. The van der Waals surface area contributed by atoms with Crippen molar-refractivity contribution in [3.05, 3.63) is 34.4 Å². The van der Waals surface area contributed by atoms with Crippen molar-refractivity contribution in [1.82, 2.24) is 10.2 Å². The van der Waals surface area contributed by atoms with Crippen molar-refractivity contribution in [2.75, 3.05) is 19.6 Å². The topological polar surface area (TPSA) is 41.6 Å². The first-order valence-electron chi connectivity index (χ1n) is 10.8. The van der Waals surface area contributed by atoms with E-state index in [9.17, 15) is 4.79 Å². The van der Waals surface area contributed by atoms with E-state index in [2.05, 4.69) is 43.1 Å². The van der Waals surface area contributed by atoms with E-state index < -0.39 is 0 Å². The second-order valence-corrected chi connectivity index (χ2v) is 10.5. The molecule has 0 radical (unpaired) electrons. The predicted octanol–water partition coefficient (Wildman–Crippen LogP) is 3.75. The van der Waals surface area contributed by atoms with E-state index in [-0.39, 0.29) is 16.9 Å². The van der Waals surface area contributed by atoms with Gasteiger partial charge in [-0.15, -0.1) is 0 Å². The SMILES string of the molecule is Cc1cc(C)c(CN2C[C@@H]3[C@H](CNC(=O)C(C)(C)C)[C@H]4CC[C@]3(C2)O4)c(C)c1. The van der Waals surface area contributed by atoms with Crippen LogP contribution in [0, 0.1) is 38.0 Å². The first kappa shape index (κ1) is 19.9. The first-order chi connectivity index (χ1) is 13.1. The number of nitrogens with one attached hydrogen (secondary N) is 1. The third-order valence-electron chi connectivity index (χ3n) is 7.26. The number of benzene rings is 1. The van der Waals surface area contributed by atoms with E-state index in [1.54, 1.807) is 0 Å². The van der Waals surface area contributed by atoms with Crippen molar-refractivity contribution in [1.29, 1.82) is 0 Å². The molecule has 4 heteroatoms. The van der Waals surface area contributed by atoms with Crippen LogP contribution in [0.1, 0.15) is 55.9 Å². The van der Waals surface area contributed by atoms with Crippen molar-refractivity contribution < 1.29 is 9.53 Å². The molecular formula is C24H36N2O2. The lowest BCUT2D eigenvalue weighted by Gasteiger charge is -2.30. The standard InChI is InChI=1S/C24H36N2O2/c1-15-9-16(2)19(17(3)10-15)12-26-13-20-18(11-25-22(27)23(4,5)6)21-7-8-24(20,14-26)28-21/h9-10,18,20-21H,7-8,11-14H2,1-6H3,(H,25,27)/t18-,20+,21+,24+/m0/s1. The maximum atomic E-state index is 12.4. The van der Waals surface area contributed by atoms with E-state index in [0.29, 0.717) is 17.9 Å². The molecule has 3 aliphatic heterocycles. The lowest BCUT2D eigenvalue weighted by Crippen LogP contribution is -2.44. The van der Waals surface area contributed by atoms with Crippen LogP contribution < -0.4 is 5.32 Å². The van der Waals surface area contributed by atoms with E-state index in [1.165, 1.54) is 28.7 Å². The highest BCUT2D eigenvalue weighted by atomic mass is 16.5. The average Bonchev–Trinajstić information content (AvgIpc) is 3.22. The Balaban J connectivity index is 1.46. The highest BCUT2D eigenvalue weighted by Gasteiger charge is 2.62. The first-order valence-corrected chi connectivity index (χ1v) is 10.8. The van der Waals surface area contributed by atoms with Crippen LogP contribution in [0.4, 0.5) is 0 Å². The fraction of sp³-hybridized carbons (Fsp3) is 0.708. The smallest absolute Gasteiger partial charge is 0.225 e. The Morgan fingerprint density at radius 2 is 1.93 bits per heavy atom. The molecule has 0 aliphatic carbocycles. The number of amides is 1. The Kier molecular flexibility index (Phi) is 4.86. The highest BCUT2D eigenvalue weighted by molar-refractivity contribution is 5.81. The van der Waals surface area contributed by atoms with Crippen LogP contribution in [0.5, 0.6) is 0 Å². The Hall–Kier alpha value is -1.39. The number of rotatable bonds is 4. The fourth-order valence-corrected chi connectivity index (χ4v) is 5.84. The van der Waals surface area contributed by atoms with Crippen LogP contribution in [-0.2, 0) is 16.1 Å². The van der Waals surface area contributed by atoms with Gasteiger partial charge < -0.3 is 10.1 Å². The molecule has 3 fully saturated rings. The van der Waals surface area contributed by atoms with E-state index >= 15 is 0 Å². The fourth-order valence-electron chi connectivity index (χ4n) is 5.84. The molecule has 3 aliphatic rings. The number of carbonyl (C=O) groups is 1. The van der Waals surface area contributed by atoms with Crippen LogP contribution in [0.25, 0.3) is 0 Å². The summed E-state index contributed by atoms with van der Waals surface area (Å²) in [6, 6.07) is 4.59. The minimum absolute atomic E-state index is 0.0221. The largest absolute Gasteiger partial charge is 0.370 e. The zero-order valence-electron chi connectivity index (χ0n) is 18.4. The molecule has 4 rings (SSSR count). The van der Waals surface area contributed by atoms with E-state index in [1.807, 2.05) is 20.8 Å². The quantitative estimate of drug-likeness (QED) is 0.859. The average molecular weight is 385 g/mol. The normalized spacial score (nSPS) is 32.0. The number of aryl methyl sites for hydroxylation is 3. The minimum Gasteiger partial charge on any atom is -0.370 e. The molecule has 1 N–H and O–H groups in total. The summed E-state index contributed by atoms with van der Waals surface area (Å²) < 4.78 is 6.57. The van der Waals surface area contributed by atoms with Crippen molar-refractivity contribution in [3.63, 3.8) is 0 Å². The molecule has 1 aromatic carbocycles. The van der Waals surface area contributed by atoms with Crippen molar-refractivity contribution in [3.8, 4) is 0 Å². The minimum atomic E-state index is -0.335. The van der Waals surface area contributed by atoms with Crippen molar-refractivity contribution >= 4 is 5.91 Å². The Bertz CT molecular complexity index is 758. The van der Waals surface area contributed by atoms with Gasteiger partial charge in [0.25, 0.3) is 0 Å². The van der Waals surface area contributed by atoms with Crippen LogP contribution in [0.2, 0.25) is 0 Å². The Labute approximate surface area is 170 Å². The molecule has 4 nitrogen and oxygen atoms in total. The Morgan fingerprint density at radius 1 is 1.25 bits per heavy atom. The van der Waals surface area contributed by atoms with Gasteiger partial charge >= 0.3 is 0 Å². The number of fused-ring (bicyclic) bond motifs is 1. The molecule has 1 amide bonds. The summed E-state index contributed by atoms with van der Waals surface area (Å²) in [7, 11) is 0. The van der Waals surface area contributed by atoms with Gasteiger partial charge in [-0.3, -0.25) is 9.69 Å². The molecule has 0 saturated carbocycles. The molecule has 2 bridgehead atoms. The number of nitrogens with zero attached hydrogens (tertiary/aromatic N) is 1. The lowest BCUT2D eigenvalue weighted by molar-refractivity contribution is -0.128. The van der Waals surface area contributed by atoms with Crippen LogP contribution in [-0.4, -0.2) is 42.1 Å². The summed E-state index contributed by atoms with van der Waals surface area (Å²) in [6.07, 6.45) is 2.65. The second kappa shape index (κ2) is 6.84. The third-order valence-corrected chi connectivity index (χ3v) is 7.26. The number of ether oxygens (including phenoxy) is 1. The maximum Gasteiger partial charge on any atom is 0.225 e. The molecule has 3 heterocycles. The second-order valence-electron chi connectivity index (χ2n) is 10.5. The molecule has 154 valence electrons. The van der Waals surface area contributed by atoms with Gasteiger partial charge in [-0.25, -0.2) is 0 Å². The van der Waals surface area contributed by atoms with Gasteiger partial charge in [-0.2, -0.15) is 0 Å². The van der Waals surface area contributed by atoms with Crippen molar-refractivity contribution in [2.45, 2.75) is 72.6 Å². The monoisotopic (exact) mass is 384 g/mol. The van der Waals surface area contributed by atoms with E-state index in [0.717, 1.165) is 32.6 Å². The van der Waals surface area contributed by atoms with Crippen LogP contribution in [0.15, 0.2) is 12.1 Å². The molecule has 4 atom stereocenters. The van der Waals surface area contributed by atoms with Gasteiger partial charge in [-0.1, -0.05) is 38.5 Å². The summed E-state index contributed by atoms with van der Waals surface area (Å²) in [5, 5.41) is 3.21. The summed E-state index contributed by atoms with van der Waals surface area (Å²) in [5.74, 6) is 1.13. The summed E-state index contributed by atoms with van der Waals surface area (Å²) in [4.78, 5) is 15.0. The third kappa shape index (κ3) is 3.39. The summed E-state index contributed by atoms with van der Waals surface area (Å²) in [6.45, 7) is 16.4. The number of likely N-dealkylation sites (tertiary alicyclic amines) is 1. The van der Waals surface area contributed by atoms with Crippen LogP contribution >= 0.6 is 0 Å². The zero-order valence-corrected chi connectivity index (χ0v) is 18.4. The van der Waals surface area contributed by atoms with Crippen LogP contribution in [0.3, 0.4) is 0 Å².